The second kappa shape index (κ2) is 9.20. The van der Waals surface area contributed by atoms with Crippen LogP contribution in [0.3, 0.4) is 0 Å². The predicted molar refractivity (Wildman–Crippen MR) is 96.5 cm³/mol. The van der Waals surface area contributed by atoms with E-state index in [1.165, 1.54) is 5.56 Å². The SMILES string of the molecule is O=C(COc1ccccc1)NCCN1CCO[C@@H](c2ccccc2)C1. The van der Waals surface area contributed by atoms with Crippen LogP contribution in [0.5, 0.6) is 5.75 Å². The molecule has 1 N–H and O–H groups in total. The molecule has 1 aliphatic rings. The van der Waals surface area contributed by atoms with Gasteiger partial charge in [-0.25, -0.2) is 0 Å². The first-order valence-electron chi connectivity index (χ1n) is 8.65. The van der Waals surface area contributed by atoms with Crippen LogP contribution in [0.2, 0.25) is 0 Å². The summed E-state index contributed by atoms with van der Waals surface area (Å²) in [5.41, 5.74) is 1.20. The molecule has 1 aliphatic heterocycles. The first-order chi connectivity index (χ1) is 12.3. The molecular formula is C20H24N2O3. The molecule has 132 valence electrons. The van der Waals surface area contributed by atoms with Crippen LogP contribution in [0, 0.1) is 0 Å². The van der Waals surface area contributed by atoms with Crippen LogP contribution < -0.4 is 10.1 Å². The predicted octanol–water partition coefficient (Wildman–Crippen LogP) is 2.26. The minimum absolute atomic E-state index is 0.0414. The Morgan fingerprint density at radius 1 is 1.12 bits per heavy atom. The molecule has 0 aromatic heterocycles. The smallest absolute Gasteiger partial charge is 0.257 e. The van der Waals surface area contributed by atoms with Crippen molar-refractivity contribution in [1.29, 1.82) is 0 Å². The monoisotopic (exact) mass is 340 g/mol. The number of morpholine rings is 1. The standard InChI is InChI=1S/C20H24N2O3/c23-20(16-25-18-9-5-2-6-10-18)21-11-12-22-13-14-24-19(15-22)17-7-3-1-4-8-17/h1-10,19H,11-16H2,(H,21,23)/t19-/m1/s1. The van der Waals surface area contributed by atoms with E-state index in [1.807, 2.05) is 48.5 Å². The van der Waals surface area contributed by atoms with Gasteiger partial charge in [-0.3, -0.25) is 9.69 Å². The van der Waals surface area contributed by atoms with Crippen LogP contribution in [-0.4, -0.2) is 50.2 Å². The molecule has 0 saturated carbocycles. The number of benzene rings is 2. The lowest BCUT2D eigenvalue weighted by atomic mass is 10.1. The zero-order valence-corrected chi connectivity index (χ0v) is 14.3. The molecule has 25 heavy (non-hydrogen) atoms. The van der Waals surface area contributed by atoms with Crippen molar-refractivity contribution in [2.45, 2.75) is 6.10 Å². The molecule has 2 aromatic carbocycles. The highest BCUT2D eigenvalue weighted by atomic mass is 16.5. The van der Waals surface area contributed by atoms with Crippen LogP contribution in [0.4, 0.5) is 0 Å². The van der Waals surface area contributed by atoms with Crippen molar-refractivity contribution < 1.29 is 14.3 Å². The van der Waals surface area contributed by atoms with Crippen molar-refractivity contribution in [2.75, 3.05) is 39.4 Å². The van der Waals surface area contributed by atoms with E-state index in [4.69, 9.17) is 9.47 Å². The number of hydrogen-bond acceptors (Lipinski definition) is 4. The molecule has 1 heterocycles. The fourth-order valence-electron chi connectivity index (χ4n) is 2.85. The molecule has 5 nitrogen and oxygen atoms in total. The lowest BCUT2D eigenvalue weighted by Gasteiger charge is -2.33. The lowest BCUT2D eigenvalue weighted by Crippen LogP contribution is -2.43. The second-order valence-electron chi connectivity index (χ2n) is 6.02. The van der Waals surface area contributed by atoms with Crippen molar-refractivity contribution in [2.24, 2.45) is 0 Å². The molecule has 0 radical (unpaired) electrons. The van der Waals surface area contributed by atoms with Gasteiger partial charge in [-0.2, -0.15) is 0 Å². The van der Waals surface area contributed by atoms with E-state index in [9.17, 15) is 4.79 Å². The maximum absolute atomic E-state index is 11.9. The molecule has 0 spiro atoms. The number of nitrogens with one attached hydrogen (secondary N) is 1. The Labute approximate surface area is 148 Å². The third kappa shape index (κ3) is 5.59. The van der Waals surface area contributed by atoms with Crippen molar-refractivity contribution in [3.63, 3.8) is 0 Å². The first kappa shape index (κ1) is 17.5. The highest BCUT2D eigenvalue weighted by Gasteiger charge is 2.21. The summed E-state index contributed by atoms with van der Waals surface area (Å²) in [6.07, 6.45) is 0.104. The second-order valence-corrected chi connectivity index (χ2v) is 6.02. The van der Waals surface area contributed by atoms with Crippen molar-refractivity contribution >= 4 is 5.91 Å². The van der Waals surface area contributed by atoms with E-state index in [0.717, 1.165) is 19.6 Å². The van der Waals surface area contributed by atoms with E-state index in [0.29, 0.717) is 18.9 Å². The fraction of sp³-hybridized carbons (Fsp3) is 0.350. The van der Waals surface area contributed by atoms with E-state index < -0.39 is 0 Å². The number of nitrogens with zero attached hydrogens (tertiary/aromatic N) is 1. The van der Waals surface area contributed by atoms with Crippen LogP contribution in [0.15, 0.2) is 60.7 Å². The third-order valence-electron chi connectivity index (χ3n) is 4.19. The number of carbonyl (C=O) groups is 1. The molecule has 5 heteroatoms. The number of rotatable bonds is 7. The number of ether oxygens (including phenoxy) is 2. The summed E-state index contributed by atoms with van der Waals surface area (Å²) in [5.74, 6) is 0.605. The molecule has 3 rings (SSSR count). The molecular weight excluding hydrogens is 316 g/mol. The number of amides is 1. The van der Waals surface area contributed by atoms with Gasteiger partial charge in [-0.1, -0.05) is 48.5 Å². The highest BCUT2D eigenvalue weighted by Crippen LogP contribution is 2.21. The number of para-hydroxylation sites is 1. The fourth-order valence-corrected chi connectivity index (χ4v) is 2.85. The van der Waals surface area contributed by atoms with Crippen molar-refractivity contribution in [3.05, 3.63) is 66.2 Å². The Morgan fingerprint density at radius 2 is 1.84 bits per heavy atom. The minimum atomic E-state index is -0.100. The normalized spacial score (nSPS) is 17.8. The molecule has 0 unspecified atom stereocenters. The van der Waals surface area contributed by atoms with Gasteiger partial charge < -0.3 is 14.8 Å². The summed E-state index contributed by atoms with van der Waals surface area (Å²) in [4.78, 5) is 14.2. The van der Waals surface area contributed by atoms with Crippen molar-refractivity contribution in [3.8, 4) is 5.75 Å². The zero-order chi connectivity index (χ0) is 17.3. The summed E-state index contributed by atoms with van der Waals surface area (Å²) in [5, 5.41) is 2.91. The summed E-state index contributed by atoms with van der Waals surface area (Å²) in [6.45, 7) is 3.91. The van der Waals surface area contributed by atoms with Gasteiger partial charge in [-0.15, -0.1) is 0 Å². The van der Waals surface area contributed by atoms with Gasteiger partial charge in [0.05, 0.1) is 12.7 Å². The lowest BCUT2D eigenvalue weighted by molar-refractivity contribution is -0.123. The average Bonchev–Trinajstić information content (AvgIpc) is 2.68. The Kier molecular flexibility index (Phi) is 6.42. The molecule has 0 aliphatic carbocycles. The van der Waals surface area contributed by atoms with Gasteiger partial charge in [0.2, 0.25) is 0 Å². The van der Waals surface area contributed by atoms with Gasteiger partial charge in [0.15, 0.2) is 6.61 Å². The molecule has 1 saturated heterocycles. The molecule has 1 amide bonds. The molecule has 0 bridgehead atoms. The Balaban J connectivity index is 1.36. The van der Waals surface area contributed by atoms with Crippen LogP contribution in [0.1, 0.15) is 11.7 Å². The van der Waals surface area contributed by atoms with E-state index >= 15 is 0 Å². The van der Waals surface area contributed by atoms with E-state index in [-0.39, 0.29) is 18.6 Å². The van der Waals surface area contributed by atoms with Crippen LogP contribution in [0.25, 0.3) is 0 Å². The van der Waals surface area contributed by atoms with Gasteiger partial charge >= 0.3 is 0 Å². The van der Waals surface area contributed by atoms with Gasteiger partial charge in [0.25, 0.3) is 5.91 Å². The van der Waals surface area contributed by atoms with E-state index in [1.54, 1.807) is 0 Å². The van der Waals surface area contributed by atoms with Crippen LogP contribution in [-0.2, 0) is 9.53 Å². The third-order valence-corrected chi connectivity index (χ3v) is 4.19. The maximum Gasteiger partial charge on any atom is 0.257 e. The summed E-state index contributed by atoms with van der Waals surface area (Å²) in [6, 6.07) is 19.6. The Bertz CT molecular complexity index is 649. The van der Waals surface area contributed by atoms with Crippen molar-refractivity contribution in [1.82, 2.24) is 10.2 Å². The Hall–Kier alpha value is -2.37. The molecule has 1 fully saturated rings. The first-order valence-corrected chi connectivity index (χ1v) is 8.65. The maximum atomic E-state index is 11.9. The van der Waals surface area contributed by atoms with E-state index in [2.05, 4.69) is 22.3 Å². The summed E-state index contributed by atoms with van der Waals surface area (Å²) >= 11 is 0. The number of hydrogen-bond donors (Lipinski definition) is 1. The minimum Gasteiger partial charge on any atom is -0.484 e. The highest BCUT2D eigenvalue weighted by molar-refractivity contribution is 5.77. The average molecular weight is 340 g/mol. The Morgan fingerprint density at radius 3 is 2.60 bits per heavy atom. The van der Waals surface area contributed by atoms with Gasteiger partial charge in [0.1, 0.15) is 5.75 Å². The summed E-state index contributed by atoms with van der Waals surface area (Å²) in [7, 11) is 0. The zero-order valence-electron chi connectivity index (χ0n) is 14.3. The molecule has 1 atom stereocenters. The quantitative estimate of drug-likeness (QED) is 0.840. The van der Waals surface area contributed by atoms with Crippen LogP contribution >= 0.6 is 0 Å². The number of carbonyl (C=O) groups excluding carboxylic acids is 1. The van der Waals surface area contributed by atoms with Gasteiger partial charge in [0, 0.05) is 26.2 Å². The molecule has 2 aromatic rings. The van der Waals surface area contributed by atoms with Gasteiger partial charge in [-0.05, 0) is 17.7 Å². The largest absolute Gasteiger partial charge is 0.484 e. The topological polar surface area (TPSA) is 50.8 Å². The summed E-state index contributed by atoms with van der Waals surface area (Å²) < 4.78 is 11.3.